The van der Waals surface area contributed by atoms with Crippen molar-refractivity contribution in [1.82, 2.24) is 4.57 Å². The summed E-state index contributed by atoms with van der Waals surface area (Å²) in [5.41, 5.74) is 2.15. The van der Waals surface area contributed by atoms with Gasteiger partial charge in [-0.3, -0.25) is 4.57 Å². The Morgan fingerprint density at radius 1 is 0.909 bits per heavy atom. The van der Waals surface area contributed by atoms with Crippen LogP contribution in [0.15, 0.2) is 74.7 Å². The quantitative estimate of drug-likeness (QED) is 0.746. The Morgan fingerprint density at radius 3 is 2.14 bits per heavy atom. The summed E-state index contributed by atoms with van der Waals surface area (Å²) in [7, 11) is 0. The maximum atomic E-state index is 12.1. The minimum atomic E-state index is -0.633. The number of benzene rings is 2. The van der Waals surface area contributed by atoms with Crippen LogP contribution in [0.4, 0.5) is 0 Å². The third kappa shape index (κ3) is 2.63. The van der Waals surface area contributed by atoms with E-state index in [1.165, 1.54) is 4.57 Å². The monoisotopic (exact) mass is 293 g/mol. The van der Waals surface area contributed by atoms with Crippen molar-refractivity contribution in [3.8, 4) is 11.1 Å². The van der Waals surface area contributed by atoms with E-state index in [4.69, 9.17) is 4.42 Å². The molecule has 3 rings (SSSR count). The molecule has 0 bridgehead atoms. The van der Waals surface area contributed by atoms with Crippen molar-refractivity contribution in [3.05, 3.63) is 92.9 Å². The summed E-state index contributed by atoms with van der Waals surface area (Å²) in [6.45, 7) is 2.14. The van der Waals surface area contributed by atoms with E-state index in [0.717, 1.165) is 11.1 Å². The van der Waals surface area contributed by atoms with Crippen LogP contribution in [0.1, 0.15) is 11.3 Å². The highest BCUT2D eigenvalue weighted by atomic mass is 16.4. The van der Waals surface area contributed by atoms with Crippen molar-refractivity contribution >= 4 is 0 Å². The van der Waals surface area contributed by atoms with Crippen molar-refractivity contribution in [2.24, 2.45) is 0 Å². The van der Waals surface area contributed by atoms with E-state index in [1.807, 2.05) is 60.7 Å². The molecule has 3 aromatic rings. The van der Waals surface area contributed by atoms with Gasteiger partial charge in [0.2, 0.25) is 0 Å². The largest absolute Gasteiger partial charge is 0.422 e. The second-order valence-corrected chi connectivity index (χ2v) is 5.05. The zero-order valence-corrected chi connectivity index (χ0v) is 12.2. The van der Waals surface area contributed by atoms with Gasteiger partial charge < -0.3 is 4.42 Å². The fourth-order valence-electron chi connectivity index (χ4n) is 2.49. The lowest BCUT2D eigenvalue weighted by molar-refractivity contribution is 0.407. The van der Waals surface area contributed by atoms with E-state index in [1.54, 1.807) is 6.92 Å². The van der Waals surface area contributed by atoms with E-state index in [0.29, 0.717) is 17.8 Å². The van der Waals surface area contributed by atoms with Gasteiger partial charge in [0.25, 0.3) is 0 Å². The van der Waals surface area contributed by atoms with Gasteiger partial charge in [0.15, 0.2) is 0 Å². The molecule has 4 nitrogen and oxygen atoms in total. The van der Waals surface area contributed by atoms with E-state index in [-0.39, 0.29) is 0 Å². The number of rotatable bonds is 3. The van der Waals surface area contributed by atoms with Gasteiger partial charge >= 0.3 is 11.4 Å². The third-order valence-electron chi connectivity index (χ3n) is 3.62. The Balaban J connectivity index is 2.16. The smallest absolute Gasteiger partial charge is 0.372 e. The average Bonchev–Trinajstić information content (AvgIpc) is 2.53. The van der Waals surface area contributed by atoms with Crippen LogP contribution in [-0.4, -0.2) is 4.57 Å². The molecule has 0 radical (unpaired) electrons. The van der Waals surface area contributed by atoms with Gasteiger partial charge in [-0.2, -0.15) is 0 Å². The van der Waals surface area contributed by atoms with Gasteiger partial charge in [0.05, 0.1) is 12.1 Å². The summed E-state index contributed by atoms with van der Waals surface area (Å²) in [6, 6.07) is 18.8. The van der Waals surface area contributed by atoms with Crippen LogP contribution in [-0.2, 0) is 6.54 Å². The summed E-state index contributed by atoms with van der Waals surface area (Å²) in [6.07, 6.45) is 0. The topological polar surface area (TPSA) is 52.2 Å². The first kappa shape index (κ1) is 14.1. The number of hydrogen-bond acceptors (Lipinski definition) is 3. The molecule has 0 spiro atoms. The highest BCUT2D eigenvalue weighted by molar-refractivity contribution is 5.64. The maximum Gasteiger partial charge on any atom is 0.422 e. The predicted molar refractivity (Wildman–Crippen MR) is 85.0 cm³/mol. The Morgan fingerprint density at radius 2 is 1.50 bits per heavy atom. The predicted octanol–water partition coefficient (Wildman–Crippen LogP) is 2.83. The van der Waals surface area contributed by atoms with E-state index >= 15 is 0 Å². The number of nitrogens with zero attached hydrogens (tertiary/aromatic N) is 1. The first-order valence-corrected chi connectivity index (χ1v) is 7.00. The van der Waals surface area contributed by atoms with Crippen molar-refractivity contribution in [3.63, 3.8) is 0 Å². The van der Waals surface area contributed by atoms with Gasteiger partial charge in [-0.15, -0.1) is 0 Å². The summed E-state index contributed by atoms with van der Waals surface area (Å²) in [5.74, 6) is -0.633. The van der Waals surface area contributed by atoms with Gasteiger partial charge in [-0.05, 0) is 18.1 Å². The summed E-state index contributed by atoms with van der Waals surface area (Å²) >= 11 is 0. The number of hydrogen-bond donors (Lipinski definition) is 0. The lowest BCUT2D eigenvalue weighted by Crippen LogP contribution is -2.28. The van der Waals surface area contributed by atoms with Gasteiger partial charge in [-0.1, -0.05) is 60.7 Å². The first-order valence-electron chi connectivity index (χ1n) is 7.00. The van der Waals surface area contributed by atoms with E-state index in [2.05, 4.69) is 0 Å². The third-order valence-corrected chi connectivity index (χ3v) is 3.62. The van der Waals surface area contributed by atoms with Crippen molar-refractivity contribution in [2.75, 3.05) is 0 Å². The Labute approximate surface area is 127 Å². The molecule has 4 heteroatoms. The van der Waals surface area contributed by atoms with Crippen LogP contribution in [0.2, 0.25) is 0 Å². The van der Waals surface area contributed by atoms with Gasteiger partial charge in [-0.25, -0.2) is 9.59 Å². The van der Waals surface area contributed by atoms with E-state index in [9.17, 15) is 9.59 Å². The van der Waals surface area contributed by atoms with Gasteiger partial charge in [0, 0.05) is 5.69 Å². The summed E-state index contributed by atoms with van der Waals surface area (Å²) in [4.78, 5) is 24.1. The average molecular weight is 293 g/mol. The SMILES string of the molecule is Cc1c(-c2ccccc2)c(=O)oc(=O)n1Cc1ccccc1. The molecule has 1 heterocycles. The molecule has 0 N–H and O–H groups in total. The minimum absolute atomic E-state index is 0.370. The molecule has 0 aliphatic rings. The molecule has 0 amide bonds. The highest BCUT2D eigenvalue weighted by Gasteiger charge is 2.15. The second-order valence-electron chi connectivity index (χ2n) is 5.05. The summed E-state index contributed by atoms with van der Waals surface area (Å²) < 4.78 is 6.38. The van der Waals surface area contributed by atoms with Crippen LogP contribution >= 0.6 is 0 Å². The normalized spacial score (nSPS) is 10.6. The molecule has 0 atom stereocenters. The molecule has 0 saturated carbocycles. The maximum absolute atomic E-state index is 12.1. The van der Waals surface area contributed by atoms with Crippen LogP contribution in [0.3, 0.4) is 0 Å². The van der Waals surface area contributed by atoms with Crippen molar-refractivity contribution < 1.29 is 4.42 Å². The molecule has 0 aliphatic heterocycles. The zero-order valence-electron chi connectivity index (χ0n) is 12.2. The first-order chi connectivity index (χ1) is 10.7. The number of aromatic nitrogens is 1. The molecule has 110 valence electrons. The molecule has 0 saturated heterocycles. The fourth-order valence-corrected chi connectivity index (χ4v) is 2.49. The van der Waals surface area contributed by atoms with Gasteiger partial charge in [0.1, 0.15) is 0 Å². The Bertz CT molecular complexity index is 893. The van der Waals surface area contributed by atoms with Crippen LogP contribution in [0, 0.1) is 6.92 Å². The van der Waals surface area contributed by atoms with Crippen LogP contribution < -0.4 is 11.4 Å². The molecule has 22 heavy (non-hydrogen) atoms. The van der Waals surface area contributed by atoms with Crippen molar-refractivity contribution in [2.45, 2.75) is 13.5 Å². The van der Waals surface area contributed by atoms with Crippen LogP contribution in [0.5, 0.6) is 0 Å². The Hall–Kier alpha value is -2.88. The molecular weight excluding hydrogens is 278 g/mol. The fraction of sp³-hybridized carbons (Fsp3) is 0.111. The highest BCUT2D eigenvalue weighted by Crippen LogP contribution is 2.18. The van der Waals surface area contributed by atoms with Crippen LogP contribution in [0.25, 0.3) is 11.1 Å². The minimum Gasteiger partial charge on any atom is -0.372 e. The molecule has 0 unspecified atom stereocenters. The lowest BCUT2D eigenvalue weighted by atomic mass is 10.1. The molecule has 1 aromatic heterocycles. The molecule has 0 aliphatic carbocycles. The summed E-state index contributed by atoms with van der Waals surface area (Å²) in [5, 5.41) is 0. The zero-order chi connectivity index (χ0) is 15.5. The van der Waals surface area contributed by atoms with Crippen molar-refractivity contribution in [1.29, 1.82) is 0 Å². The Kier molecular flexibility index (Phi) is 3.74. The van der Waals surface area contributed by atoms with E-state index < -0.39 is 11.4 Å². The molecular formula is C18H15NO3. The lowest BCUT2D eigenvalue weighted by Gasteiger charge is -2.12. The second kappa shape index (κ2) is 5.85. The molecule has 0 fully saturated rings. The standard InChI is InChI=1S/C18H15NO3/c1-13-16(15-10-6-3-7-11-15)17(20)22-18(21)19(13)12-14-8-4-2-5-9-14/h2-11H,12H2,1H3. The molecule has 2 aromatic carbocycles.